The number of furan rings is 1. The van der Waals surface area contributed by atoms with Crippen molar-refractivity contribution in [2.24, 2.45) is 0 Å². The lowest BCUT2D eigenvalue weighted by molar-refractivity contribution is 0.0697. The number of hydrogen-bond donors (Lipinski definition) is 2. The van der Waals surface area contributed by atoms with Crippen LogP contribution in [0.25, 0.3) is 11.0 Å². The fourth-order valence-corrected chi connectivity index (χ4v) is 3.32. The molecule has 0 fully saturated rings. The van der Waals surface area contributed by atoms with Gasteiger partial charge in [-0.05, 0) is 49.4 Å². The van der Waals surface area contributed by atoms with Gasteiger partial charge in [0.2, 0.25) is 0 Å². The van der Waals surface area contributed by atoms with Crippen LogP contribution in [-0.4, -0.2) is 17.7 Å². The zero-order valence-corrected chi connectivity index (χ0v) is 16.0. The Morgan fingerprint density at radius 1 is 1.00 bits per heavy atom. The molecule has 0 aliphatic rings. The lowest BCUT2D eigenvalue weighted by atomic mass is 10.1. The maximum absolute atomic E-state index is 11.1. The van der Waals surface area contributed by atoms with Gasteiger partial charge in [0.05, 0.1) is 5.56 Å². The molecule has 0 saturated heterocycles. The first-order chi connectivity index (χ1) is 14.1. The molecule has 1 unspecified atom stereocenters. The maximum atomic E-state index is 11.1. The van der Waals surface area contributed by atoms with Crippen LogP contribution >= 0.6 is 0 Å². The summed E-state index contributed by atoms with van der Waals surface area (Å²) in [6.07, 6.45) is 0. The van der Waals surface area contributed by atoms with Gasteiger partial charge in [0.15, 0.2) is 0 Å². The predicted octanol–water partition coefficient (Wildman–Crippen LogP) is 5.67. The molecule has 146 valence electrons. The van der Waals surface area contributed by atoms with E-state index in [0.29, 0.717) is 6.61 Å². The number of carbonyl (C=O) groups is 1. The number of benzene rings is 3. The molecule has 0 amide bonds. The van der Waals surface area contributed by atoms with Crippen molar-refractivity contribution in [2.45, 2.75) is 13.0 Å². The molecule has 1 atom stereocenters. The smallest absolute Gasteiger partial charge is 0.335 e. The van der Waals surface area contributed by atoms with Crippen LogP contribution in [0.4, 0.5) is 5.69 Å². The van der Waals surface area contributed by atoms with Crippen molar-refractivity contribution < 1.29 is 19.1 Å². The summed E-state index contributed by atoms with van der Waals surface area (Å²) in [5, 5.41) is 13.6. The van der Waals surface area contributed by atoms with Gasteiger partial charge in [0.25, 0.3) is 0 Å². The first kappa shape index (κ1) is 18.6. The normalized spacial score (nSPS) is 11.9. The van der Waals surface area contributed by atoms with Gasteiger partial charge in [-0.2, -0.15) is 0 Å². The largest absolute Gasteiger partial charge is 0.491 e. The van der Waals surface area contributed by atoms with Crippen LogP contribution in [0.5, 0.6) is 5.75 Å². The Bertz CT molecular complexity index is 1120. The number of aryl methyl sites for hydroxylation is 1. The lowest BCUT2D eigenvalue weighted by Gasteiger charge is -2.20. The molecule has 0 saturated carbocycles. The van der Waals surface area contributed by atoms with Crippen LogP contribution in [0, 0.1) is 6.92 Å². The van der Waals surface area contributed by atoms with Crippen molar-refractivity contribution in [1.29, 1.82) is 0 Å². The molecule has 0 aliphatic carbocycles. The van der Waals surface area contributed by atoms with E-state index in [-0.39, 0.29) is 11.6 Å². The van der Waals surface area contributed by atoms with Gasteiger partial charge in [-0.1, -0.05) is 36.4 Å². The van der Waals surface area contributed by atoms with Gasteiger partial charge >= 0.3 is 5.97 Å². The van der Waals surface area contributed by atoms with E-state index in [4.69, 9.17) is 14.3 Å². The summed E-state index contributed by atoms with van der Waals surface area (Å²) >= 11 is 0. The number of carboxylic acids is 1. The van der Waals surface area contributed by atoms with Crippen LogP contribution in [0.1, 0.15) is 27.7 Å². The van der Waals surface area contributed by atoms with Crippen molar-refractivity contribution in [3.05, 3.63) is 95.7 Å². The zero-order chi connectivity index (χ0) is 20.2. The molecule has 0 bridgehead atoms. The first-order valence-corrected chi connectivity index (χ1v) is 9.37. The summed E-state index contributed by atoms with van der Waals surface area (Å²) in [5.74, 6) is 0.618. The Hall–Kier alpha value is -3.73. The minimum atomic E-state index is -0.950. The van der Waals surface area contributed by atoms with Crippen LogP contribution in [0.15, 0.2) is 83.3 Å². The molecule has 29 heavy (non-hydrogen) atoms. The van der Waals surface area contributed by atoms with Gasteiger partial charge < -0.3 is 19.6 Å². The quantitative estimate of drug-likeness (QED) is 0.427. The number of anilines is 1. The number of fused-ring (bicyclic) bond motifs is 1. The van der Waals surface area contributed by atoms with E-state index in [9.17, 15) is 4.79 Å². The molecule has 4 aromatic rings. The number of aromatic carboxylic acids is 1. The van der Waals surface area contributed by atoms with Crippen LogP contribution < -0.4 is 10.1 Å². The van der Waals surface area contributed by atoms with E-state index in [1.165, 1.54) is 0 Å². The Morgan fingerprint density at radius 2 is 1.69 bits per heavy atom. The number of carboxylic acid groups (broad SMARTS) is 1. The summed E-state index contributed by atoms with van der Waals surface area (Å²) in [4.78, 5) is 11.1. The molecular weight excluding hydrogens is 366 g/mol. The minimum Gasteiger partial charge on any atom is -0.491 e. The highest BCUT2D eigenvalue weighted by atomic mass is 16.5. The molecule has 2 N–H and O–H groups in total. The highest BCUT2D eigenvalue weighted by molar-refractivity contribution is 5.88. The number of rotatable bonds is 7. The Balaban J connectivity index is 1.64. The average Bonchev–Trinajstić information content (AvgIpc) is 3.09. The molecular formula is C24H21NO4. The van der Waals surface area contributed by atoms with Gasteiger partial charge in [-0.3, -0.25) is 0 Å². The van der Waals surface area contributed by atoms with E-state index in [1.807, 2.05) is 61.5 Å². The molecule has 5 nitrogen and oxygen atoms in total. The zero-order valence-electron chi connectivity index (χ0n) is 16.0. The SMILES string of the molecule is Cc1c(C(COc2ccccc2)Nc2ccc(C(=O)O)cc2)oc2ccccc12. The van der Waals surface area contributed by atoms with Crippen LogP contribution in [0.3, 0.4) is 0 Å². The van der Waals surface area contributed by atoms with Gasteiger partial charge in [0, 0.05) is 16.6 Å². The third-order valence-electron chi connectivity index (χ3n) is 4.83. The average molecular weight is 387 g/mol. The maximum Gasteiger partial charge on any atom is 0.335 e. The lowest BCUT2D eigenvalue weighted by Crippen LogP contribution is -2.19. The van der Waals surface area contributed by atoms with Gasteiger partial charge in [-0.15, -0.1) is 0 Å². The monoisotopic (exact) mass is 387 g/mol. The van der Waals surface area contributed by atoms with E-state index >= 15 is 0 Å². The molecule has 0 aliphatic heterocycles. The molecule has 4 rings (SSSR count). The highest BCUT2D eigenvalue weighted by Crippen LogP contribution is 2.32. The Kier molecular flexibility index (Phi) is 5.20. The van der Waals surface area contributed by atoms with Crippen molar-refractivity contribution in [1.82, 2.24) is 0 Å². The number of ether oxygens (including phenoxy) is 1. The fourth-order valence-electron chi connectivity index (χ4n) is 3.32. The molecule has 1 heterocycles. The van der Waals surface area contributed by atoms with E-state index in [0.717, 1.165) is 33.7 Å². The summed E-state index contributed by atoms with van der Waals surface area (Å²) in [5.41, 5.74) is 2.91. The molecule has 5 heteroatoms. The van der Waals surface area contributed by atoms with E-state index in [1.54, 1.807) is 24.3 Å². The van der Waals surface area contributed by atoms with Crippen molar-refractivity contribution in [3.63, 3.8) is 0 Å². The fraction of sp³-hybridized carbons (Fsp3) is 0.125. The molecule has 0 spiro atoms. The summed E-state index contributed by atoms with van der Waals surface area (Å²) < 4.78 is 12.1. The number of para-hydroxylation sites is 2. The predicted molar refractivity (Wildman–Crippen MR) is 113 cm³/mol. The summed E-state index contributed by atoms with van der Waals surface area (Å²) in [6, 6.07) is 23.9. The van der Waals surface area contributed by atoms with E-state index in [2.05, 4.69) is 5.32 Å². The van der Waals surface area contributed by atoms with Gasteiger partial charge in [0.1, 0.15) is 29.7 Å². The second kappa shape index (κ2) is 8.10. The van der Waals surface area contributed by atoms with Crippen molar-refractivity contribution in [3.8, 4) is 5.75 Å². The molecule has 0 radical (unpaired) electrons. The van der Waals surface area contributed by atoms with Crippen LogP contribution in [0.2, 0.25) is 0 Å². The standard InChI is InChI=1S/C24H21NO4/c1-16-20-9-5-6-10-22(20)29-23(16)21(15-28-19-7-3-2-4-8-19)25-18-13-11-17(12-14-18)24(26)27/h2-14,21,25H,15H2,1H3,(H,26,27). The third-order valence-corrected chi connectivity index (χ3v) is 4.83. The van der Waals surface area contributed by atoms with Crippen molar-refractivity contribution >= 4 is 22.6 Å². The summed E-state index contributed by atoms with van der Waals surface area (Å²) in [6.45, 7) is 2.39. The highest BCUT2D eigenvalue weighted by Gasteiger charge is 2.21. The topological polar surface area (TPSA) is 71.7 Å². The van der Waals surface area contributed by atoms with E-state index < -0.39 is 5.97 Å². The minimum absolute atomic E-state index is 0.243. The van der Waals surface area contributed by atoms with Crippen LogP contribution in [-0.2, 0) is 0 Å². The first-order valence-electron chi connectivity index (χ1n) is 9.37. The second-order valence-corrected chi connectivity index (χ2v) is 6.79. The Labute approximate surface area is 168 Å². The number of nitrogens with one attached hydrogen (secondary N) is 1. The Morgan fingerprint density at radius 3 is 2.38 bits per heavy atom. The molecule has 3 aromatic carbocycles. The number of hydrogen-bond acceptors (Lipinski definition) is 4. The summed E-state index contributed by atoms with van der Waals surface area (Å²) in [7, 11) is 0. The van der Waals surface area contributed by atoms with Crippen molar-refractivity contribution in [2.75, 3.05) is 11.9 Å². The second-order valence-electron chi connectivity index (χ2n) is 6.79. The molecule has 1 aromatic heterocycles. The van der Waals surface area contributed by atoms with Gasteiger partial charge in [-0.25, -0.2) is 4.79 Å². The third kappa shape index (κ3) is 4.09.